The summed E-state index contributed by atoms with van der Waals surface area (Å²) in [6.45, 7) is 3.36. The minimum atomic E-state index is -0.627. The maximum Gasteiger partial charge on any atom is 0.243 e. The molecule has 2 aromatic carbocycles. The molecule has 0 saturated heterocycles. The summed E-state index contributed by atoms with van der Waals surface area (Å²) in [7, 11) is 0. The van der Waals surface area contributed by atoms with Crippen LogP contribution in [0.4, 0.5) is 0 Å². The van der Waals surface area contributed by atoms with Gasteiger partial charge in [-0.1, -0.05) is 48.5 Å². The summed E-state index contributed by atoms with van der Waals surface area (Å²) in [5, 5.41) is 6.83. The van der Waals surface area contributed by atoms with Gasteiger partial charge in [-0.25, -0.2) is 0 Å². The van der Waals surface area contributed by atoms with Crippen LogP contribution in [0.2, 0.25) is 0 Å². The molecule has 0 aliphatic carbocycles. The van der Waals surface area contributed by atoms with Gasteiger partial charge in [0.15, 0.2) is 0 Å². The molecular weight excluding hydrogens is 326 g/mol. The smallest absolute Gasteiger partial charge is 0.243 e. The Balaban J connectivity index is 1.77. The van der Waals surface area contributed by atoms with Crippen molar-refractivity contribution in [3.8, 4) is 0 Å². The molecule has 2 atom stereocenters. The molecule has 1 heterocycles. The average Bonchev–Trinajstić information content (AvgIpc) is 3.04. The van der Waals surface area contributed by atoms with Gasteiger partial charge in [0.1, 0.15) is 6.04 Å². The lowest BCUT2D eigenvalue weighted by Crippen LogP contribution is -2.47. The predicted molar refractivity (Wildman–Crippen MR) is 103 cm³/mol. The molecule has 0 aliphatic heterocycles. The number of aromatic amines is 1. The van der Waals surface area contributed by atoms with Crippen LogP contribution in [0, 0.1) is 0 Å². The Labute approximate surface area is 152 Å². The molecule has 0 saturated carbocycles. The van der Waals surface area contributed by atoms with Gasteiger partial charge in [0, 0.05) is 30.4 Å². The Hall–Kier alpha value is -3.08. The highest BCUT2D eigenvalue weighted by atomic mass is 16.2. The number of hydrogen-bond donors (Lipinski definition) is 3. The van der Waals surface area contributed by atoms with Crippen molar-refractivity contribution in [2.75, 3.05) is 0 Å². The minimum absolute atomic E-state index is 0.136. The van der Waals surface area contributed by atoms with Crippen LogP contribution < -0.4 is 10.6 Å². The van der Waals surface area contributed by atoms with E-state index in [0.717, 1.165) is 22.0 Å². The zero-order valence-electron chi connectivity index (χ0n) is 15.0. The van der Waals surface area contributed by atoms with Crippen LogP contribution in [-0.4, -0.2) is 22.8 Å². The van der Waals surface area contributed by atoms with E-state index in [1.807, 2.05) is 67.7 Å². The molecule has 5 heteroatoms. The lowest BCUT2D eigenvalue weighted by molar-refractivity contribution is -0.128. The highest BCUT2D eigenvalue weighted by Crippen LogP contribution is 2.19. The number of para-hydroxylation sites is 1. The van der Waals surface area contributed by atoms with E-state index in [4.69, 9.17) is 0 Å². The molecule has 5 nitrogen and oxygen atoms in total. The molecule has 3 aromatic rings. The van der Waals surface area contributed by atoms with Crippen LogP contribution in [0.3, 0.4) is 0 Å². The van der Waals surface area contributed by atoms with Crippen molar-refractivity contribution < 1.29 is 9.59 Å². The second-order valence-electron chi connectivity index (χ2n) is 6.46. The number of carbonyl (C=O) groups excluding carboxylic acids is 2. The molecule has 3 rings (SSSR count). The van der Waals surface area contributed by atoms with E-state index in [-0.39, 0.29) is 17.9 Å². The molecule has 3 N–H and O–H groups in total. The van der Waals surface area contributed by atoms with Crippen molar-refractivity contribution in [1.82, 2.24) is 15.6 Å². The number of fused-ring (bicyclic) bond motifs is 1. The second kappa shape index (κ2) is 7.87. The maximum absolute atomic E-state index is 12.8. The van der Waals surface area contributed by atoms with Crippen LogP contribution in [0.25, 0.3) is 10.9 Å². The van der Waals surface area contributed by atoms with E-state index < -0.39 is 6.04 Å². The van der Waals surface area contributed by atoms with Gasteiger partial charge in [0.05, 0.1) is 6.04 Å². The predicted octanol–water partition coefficient (Wildman–Crippen LogP) is 3.09. The normalized spacial score (nSPS) is 13.2. The van der Waals surface area contributed by atoms with E-state index in [1.165, 1.54) is 6.92 Å². The molecule has 0 radical (unpaired) electrons. The van der Waals surface area contributed by atoms with Gasteiger partial charge in [0.2, 0.25) is 11.8 Å². The van der Waals surface area contributed by atoms with Crippen molar-refractivity contribution in [3.05, 3.63) is 71.9 Å². The quantitative estimate of drug-likeness (QED) is 0.640. The summed E-state index contributed by atoms with van der Waals surface area (Å²) in [6.07, 6.45) is 2.32. The van der Waals surface area contributed by atoms with Gasteiger partial charge in [0.25, 0.3) is 0 Å². The fourth-order valence-corrected chi connectivity index (χ4v) is 3.11. The first-order valence-electron chi connectivity index (χ1n) is 8.72. The number of nitrogens with one attached hydrogen (secondary N) is 3. The molecule has 134 valence electrons. The molecule has 0 bridgehead atoms. The van der Waals surface area contributed by atoms with Crippen molar-refractivity contribution in [1.29, 1.82) is 0 Å². The third-order valence-corrected chi connectivity index (χ3v) is 4.45. The minimum Gasteiger partial charge on any atom is -0.361 e. The summed E-state index contributed by atoms with van der Waals surface area (Å²) in [5.41, 5.74) is 3.04. The van der Waals surface area contributed by atoms with Crippen LogP contribution in [0.1, 0.15) is 31.0 Å². The summed E-state index contributed by atoms with van der Waals surface area (Å²) >= 11 is 0. The highest BCUT2D eigenvalue weighted by molar-refractivity contribution is 5.89. The Morgan fingerprint density at radius 3 is 2.42 bits per heavy atom. The van der Waals surface area contributed by atoms with Gasteiger partial charge >= 0.3 is 0 Å². The van der Waals surface area contributed by atoms with Crippen LogP contribution in [0.15, 0.2) is 60.8 Å². The molecule has 0 fully saturated rings. The van der Waals surface area contributed by atoms with Crippen LogP contribution in [-0.2, 0) is 16.0 Å². The Bertz CT molecular complexity index is 902. The standard InChI is InChI=1S/C21H23N3O2/c1-14(16-8-4-3-5-9-16)23-21(26)20(24-15(2)25)12-17-13-22-19-11-7-6-10-18(17)19/h3-11,13-14,20,22H,12H2,1-2H3,(H,23,26)(H,24,25)/t14-,20-/m0/s1. The van der Waals surface area contributed by atoms with Gasteiger partial charge in [-0.3, -0.25) is 9.59 Å². The van der Waals surface area contributed by atoms with Gasteiger partial charge in [-0.15, -0.1) is 0 Å². The topological polar surface area (TPSA) is 74.0 Å². The van der Waals surface area contributed by atoms with Gasteiger partial charge < -0.3 is 15.6 Å². The van der Waals surface area contributed by atoms with Crippen molar-refractivity contribution in [2.45, 2.75) is 32.4 Å². The highest BCUT2D eigenvalue weighted by Gasteiger charge is 2.23. The number of aromatic nitrogens is 1. The fourth-order valence-electron chi connectivity index (χ4n) is 3.11. The number of hydrogen-bond acceptors (Lipinski definition) is 2. The van der Waals surface area contributed by atoms with Gasteiger partial charge in [-0.2, -0.15) is 0 Å². The fraction of sp³-hybridized carbons (Fsp3) is 0.238. The first-order valence-corrected chi connectivity index (χ1v) is 8.72. The lowest BCUT2D eigenvalue weighted by atomic mass is 10.0. The van der Waals surface area contributed by atoms with Crippen molar-refractivity contribution in [3.63, 3.8) is 0 Å². The summed E-state index contributed by atoms with van der Waals surface area (Å²) in [4.78, 5) is 27.6. The first kappa shape index (κ1) is 17.7. The molecule has 26 heavy (non-hydrogen) atoms. The number of rotatable bonds is 6. The number of amides is 2. The number of benzene rings is 2. The van der Waals surface area contributed by atoms with E-state index in [9.17, 15) is 9.59 Å². The summed E-state index contributed by atoms with van der Waals surface area (Å²) < 4.78 is 0. The zero-order chi connectivity index (χ0) is 18.5. The monoisotopic (exact) mass is 349 g/mol. The lowest BCUT2D eigenvalue weighted by Gasteiger charge is -2.21. The van der Waals surface area contributed by atoms with E-state index in [1.54, 1.807) is 0 Å². The maximum atomic E-state index is 12.8. The molecule has 0 aliphatic rings. The van der Waals surface area contributed by atoms with E-state index in [2.05, 4.69) is 15.6 Å². The SMILES string of the molecule is CC(=O)N[C@@H](Cc1c[nH]c2ccccc12)C(=O)N[C@@H](C)c1ccccc1. The number of H-pyrrole nitrogens is 1. The Kier molecular flexibility index (Phi) is 5.37. The zero-order valence-corrected chi connectivity index (χ0v) is 15.0. The Morgan fingerprint density at radius 1 is 1.00 bits per heavy atom. The third-order valence-electron chi connectivity index (χ3n) is 4.45. The largest absolute Gasteiger partial charge is 0.361 e. The van der Waals surface area contributed by atoms with Crippen molar-refractivity contribution in [2.24, 2.45) is 0 Å². The van der Waals surface area contributed by atoms with Crippen LogP contribution >= 0.6 is 0 Å². The summed E-state index contributed by atoms with van der Waals surface area (Å²) in [6, 6.07) is 16.9. The summed E-state index contributed by atoms with van der Waals surface area (Å²) in [5.74, 6) is -0.417. The number of carbonyl (C=O) groups is 2. The van der Waals surface area contributed by atoms with E-state index >= 15 is 0 Å². The molecule has 0 spiro atoms. The second-order valence-corrected chi connectivity index (χ2v) is 6.46. The average molecular weight is 349 g/mol. The first-order chi connectivity index (χ1) is 12.5. The molecule has 0 unspecified atom stereocenters. The van der Waals surface area contributed by atoms with Gasteiger partial charge in [-0.05, 0) is 24.1 Å². The molecule has 1 aromatic heterocycles. The van der Waals surface area contributed by atoms with Crippen molar-refractivity contribution >= 4 is 22.7 Å². The van der Waals surface area contributed by atoms with Crippen LogP contribution in [0.5, 0.6) is 0 Å². The molecular formula is C21H23N3O2. The molecule has 2 amide bonds. The Morgan fingerprint density at radius 2 is 1.69 bits per heavy atom. The van der Waals surface area contributed by atoms with E-state index in [0.29, 0.717) is 6.42 Å². The third kappa shape index (κ3) is 4.11.